The van der Waals surface area contributed by atoms with Crippen molar-refractivity contribution in [1.82, 2.24) is 4.98 Å². The molecule has 142 valence electrons. The highest BCUT2D eigenvalue weighted by molar-refractivity contribution is 6.38. The predicted octanol–water partition coefficient (Wildman–Crippen LogP) is 8.12. The van der Waals surface area contributed by atoms with E-state index in [0.717, 1.165) is 49.5 Å². The Morgan fingerprint density at radius 2 is 1.40 bits per heavy atom. The minimum absolute atomic E-state index is 0.632. The van der Waals surface area contributed by atoms with E-state index in [2.05, 4.69) is 48.5 Å². The summed E-state index contributed by atoms with van der Waals surface area (Å²) in [5, 5.41) is 4.96. The van der Waals surface area contributed by atoms with Crippen molar-refractivity contribution in [2.75, 3.05) is 0 Å². The fourth-order valence-corrected chi connectivity index (χ4v) is 4.41. The van der Waals surface area contributed by atoms with Gasteiger partial charge in [-0.05, 0) is 29.1 Å². The van der Waals surface area contributed by atoms with Crippen LogP contribution >= 0.6 is 11.6 Å². The number of rotatable bonds is 2. The molecule has 2 nitrogen and oxygen atoms in total. The quantitative estimate of drug-likeness (QED) is 0.290. The lowest BCUT2D eigenvalue weighted by atomic mass is 10.0. The zero-order valence-corrected chi connectivity index (χ0v) is 16.7. The Hall–Kier alpha value is -3.62. The summed E-state index contributed by atoms with van der Waals surface area (Å²) >= 11 is 6.81. The Morgan fingerprint density at radius 1 is 0.633 bits per heavy atom. The summed E-state index contributed by atoms with van der Waals surface area (Å²) < 4.78 is 6.37. The van der Waals surface area contributed by atoms with Crippen molar-refractivity contribution < 1.29 is 4.42 Å². The van der Waals surface area contributed by atoms with Gasteiger partial charge in [0.2, 0.25) is 0 Å². The van der Waals surface area contributed by atoms with Crippen molar-refractivity contribution in [2.24, 2.45) is 0 Å². The van der Waals surface area contributed by atoms with Crippen LogP contribution in [-0.2, 0) is 0 Å². The lowest BCUT2D eigenvalue weighted by molar-refractivity contribution is 0.670. The van der Waals surface area contributed by atoms with Gasteiger partial charge in [0.05, 0.1) is 10.7 Å². The molecule has 0 unspecified atom stereocenters. The first-order valence-corrected chi connectivity index (χ1v) is 10.2. The number of halogens is 1. The van der Waals surface area contributed by atoms with Gasteiger partial charge in [-0.2, -0.15) is 0 Å². The number of para-hydroxylation sites is 1. The van der Waals surface area contributed by atoms with Gasteiger partial charge in [-0.15, -0.1) is 0 Å². The highest BCUT2D eigenvalue weighted by Gasteiger charge is 2.17. The van der Waals surface area contributed by atoms with E-state index in [0.29, 0.717) is 10.6 Å². The van der Waals surface area contributed by atoms with Gasteiger partial charge in [0.25, 0.3) is 0 Å². The third-order valence-corrected chi connectivity index (χ3v) is 5.97. The van der Waals surface area contributed by atoms with Crippen LogP contribution in [-0.4, -0.2) is 4.98 Å². The SMILES string of the molecule is Clc1c(-c2ccccc2)ccc2c1oc1c(-c3cc4ccccc4cn3)cccc12. The van der Waals surface area contributed by atoms with Gasteiger partial charge in [0.15, 0.2) is 5.58 Å². The van der Waals surface area contributed by atoms with Crippen LogP contribution < -0.4 is 0 Å². The maximum Gasteiger partial charge on any atom is 0.154 e. The number of pyridine rings is 1. The standard InChI is InChI=1S/C27H16ClNO/c28-25-20(17-7-2-1-3-8-17)13-14-22-21-11-6-12-23(26(21)30-27(22)25)24-15-18-9-4-5-10-19(18)16-29-24/h1-16H. The first-order valence-electron chi connectivity index (χ1n) is 9.84. The third kappa shape index (κ3) is 2.62. The first-order chi connectivity index (χ1) is 14.8. The molecule has 0 atom stereocenters. The van der Waals surface area contributed by atoms with Gasteiger partial charge < -0.3 is 4.42 Å². The van der Waals surface area contributed by atoms with Gasteiger partial charge >= 0.3 is 0 Å². The summed E-state index contributed by atoms with van der Waals surface area (Å²) in [4.78, 5) is 4.69. The molecule has 0 amide bonds. The summed E-state index contributed by atoms with van der Waals surface area (Å²) in [6.45, 7) is 0. The monoisotopic (exact) mass is 405 g/mol. The summed E-state index contributed by atoms with van der Waals surface area (Å²) in [6, 6.07) is 30.8. The smallest absolute Gasteiger partial charge is 0.154 e. The molecule has 0 aliphatic rings. The molecule has 0 spiro atoms. The number of hydrogen-bond acceptors (Lipinski definition) is 2. The molecule has 2 aromatic heterocycles. The Bertz CT molecular complexity index is 1550. The molecule has 6 rings (SSSR count). The zero-order chi connectivity index (χ0) is 20.1. The van der Waals surface area contributed by atoms with Crippen LogP contribution in [0.25, 0.3) is 55.1 Å². The molecule has 3 heteroatoms. The van der Waals surface area contributed by atoms with Crippen molar-refractivity contribution in [2.45, 2.75) is 0 Å². The van der Waals surface area contributed by atoms with E-state index < -0.39 is 0 Å². The molecule has 0 fully saturated rings. The van der Waals surface area contributed by atoms with Crippen LogP contribution in [0.3, 0.4) is 0 Å². The number of fused-ring (bicyclic) bond motifs is 4. The number of hydrogen-bond donors (Lipinski definition) is 0. The van der Waals surface area contributed by atoms with Crippen LogP contribution in [0.1, 0.15) is 0 Å². The second kappa shape index (κ2) is 6.72. The first kappa shape index (κ1) is 17.3. The van der Waals surface area contributed by atoms with Crippen LogP contribution in [0.15, 0.2) is 102 Å². The van der Waals surface area contributed by atoms with E-state index in [4.69, 9.17) is 21.0 Å². The molecule has 0 radical (unpaired) electrons. The van der Waals surface area contributed by atoms with Gasteiger partial charge in [-0.3, -0.25) is 4.98 Å². The van der Waals surface area contributed by atoms with Crippen molar-refractivity contribution in [1.29, 1.82) is 0 Å². The molecular formula is C27H16ClNO. The summed E-state index contributed by atoms with van der Waals surface area (Å²) in [5.74, 6) is 0. The minimum Gasteiger partial charge on any atom is -0.454 e. The maximum absolute atomic E-state index is 6.81. The largest absolute Gasteiger partial charge is 0.454 e. The molecule has 30 heavy (non-hydrogen) atoms. The lowest BCUT2D eigenvalue weighted by Crippen LogP contribution is -1.84. The Labute approximate surface area is 178 Å². The normalized spacial score (nSPS) is 11.5. The molecule has 0 bridgehead atoms. The molecule has 0 aliphatic carbocycles. The topological polar surface area (TPSA) is 26.0 Å². The lowest BCUT2D eigenvalue weighted by Gasteiger charge is -2.04. The van der Waals surface area contributed by atoms with Gasteiger partial charge in [0.1, 0.15) is 5.58 Å². The van der Waals surface area contributed by atoms with E-state index in [-0.39, 0.29) is 0 Å². The number of aromatic nitrogens is 1. The second-order valence-corrected chi connectivity index (χ2v) is 7.75. The summed E-state index contributed by atoms with van der Waals surface area (Å²) in [6.07, 6.45) is 1.91. The van der Waals surface area contributed by atoms with Crippen LogP contribution in [0.2, 0.25) is 5.02 Å². The van der Waals surface area contributed by atoms with Gasteiger partial charge in [0, 0.05) is 33.5 Å². The third-order valence-electron chi connectivity index (χ3n) is 5.60. The maximum atomic E-state index is 6.81. The Kier molecular flexibility index (Phi) is 3.87. The summed E-state index contributed by atoms with van der Waals surface area (Å²) in [5.41, 5.74) is 5.41. The minimum atomic E-state index is 0.632. The molecule has 2 heterocycles. The van der Waals surface area contributed by atoms with Gasteiger partial charge in [-0.1, -0.05) is 84.4 Å². The summed E-state index contributed by atoms with van der Waals surface area (Å²) in [7, 11) is 0. The number of furan rings is 1. The molecule has 0 aliphatic heterocycles. The molecule has 4 aromatic carbocycles. The van der Waals surface area contributed by atoms with Crippen molar-refractivity contribution >= 4 is 44.3 Å². The molecule has 0 N–H and O–H groups in total. The molecule has 0 saturated carbocycles. The van der Waals surface area contributed by atoms with Crippen molar-refractivity contribution in [3.8, 4) is 22.4 Å². The van der Waals surface area contributed by atoms with Crippen LogP contribution in [0, 0.1) is 0 Å². The van der Waals surface area contributed by atoms with Crippen molar-refractivity contribution in [3.63, 3.8) is 0 Å². The van der Waals surface area contributed by atoms with E-state index >= 15 is 0 Å². The average molecular weight is 406 g/mol. The van der Waals surface area contributed by atoms with Gasteiger partial charge in [-0.25, -0.2) is 0 Å². The molecular weight excluding hydrogens is 390 g/mol. The van der Waals surface area contributed by atoms with Crippen LogP contribution in [0.4, 0.5) is 0 Å². The zero-order valence-electron chi connectivity index (χ0n) is 16.0. The van der Waals surface area contributed by atoms with E-state index in [1.807, 2.05) is 48.7 Å². The average Bonchev–Trinajstić information content (AvgIpc) is 3.19. The second-order valence-electron chi connectivity index (χ2n) is 7.37. The number of benzene rings is 4. The van der Waals surface area contributed by atoms with E-state index in [9.17, 15) is 0 Å². The highest BCUT2D eigenvalue weighted by atomic mass is 35.5. The fourth-order valence-electron chi connectivity index (χ4n) is 4.10. The Balaban J connectivity index is 1.61. The molecule has 0 saturated heterocycles. The van der Waals surface area contributed by atoms with E-state index in [1.54, 1.807) is 0 Å². The Morgan fingerprint density at radius 3 is 2.27 bits per heavy atom. The van der Waals surface area contributed by atoms with Crippen molar-refractivity contribution in [3.05, 3.63) is 102 Å². The number of nitrogens with zero attached hydrogens (tertiary/aromatic N) is 1. The van der Waals surface area contributed by atoms with E-state index in [1.165, 1.54) is 0 Å². The molecule has 6 aromatic rings. The van der Waals surface area contributed by atoms with Crippen LogP contribution in [0.5, 0.6) is 0 Å². The predicted molar refractivity (Wildman–Crippen MR) is 125 cm³/mol. The fraction of sp³-hybridized carbons (Fsp3) is 0. The highest BCUT2D eigenvalue weighted by Crippen LogP contribution is 2.41.